The summed E-state index contributed by atoms with van der Waals surface area (Å²) in [7, 11) is 4.98. The van der Waals surface area contributed by atoms with E-state index in [1.807, 2.05) is 78.9 Å². The summed E-state index contributed by atoms with van der Waals surface area (Å²) in [5, 5.41) is 16.0. The van der Waals surface area contributed by atoms with Crippen molar-refractivity contribution in [2.45, 2.75) is 83.0 Å². The predicted octanol–water partition coefficient (Wildman–Crippen LogP) is 7.31. The number of aromatic nitrogens is 2. The molecule has 5 N–H and O–H groups in total. The molecule has 0 radical (unpaired) electrons. The number of carbonyl (C=O) groups excluding carboxylic acids is 6. The monoisotopic (exact) mass is 1270 g/mol. The minimum atomic E-state index is -0.739. The summed E-state index contributed by atoms with van der Waals surface area (Å²) in [6.45, 7) is 6.31. The maximum absolute atomic E-state index is 14.3. The van der Waals surface area contributed by atoms with Crippen LogP contribution >= 0.6 is 22.9 Å². The van der Waals surface area contributed by atoms with Crippen molar-refractivity contribution in [3.8, 4) is 17.0 Å². The lowest BCUT2D eigenvalue weighted by atomic mass is 9.83. The number of benzene rings is 3. The van der Waals surface area contributed by atoms with Crippen LogP contribution in [0.25, 0.3) is 23.4 Å². The number of pyridine rings is 1. The fourth-order valence-corrected chi connectivity index (χ4v) is 11.0. The van der Waals surface area contributed by atoms with Crippen molar-refractivity contribution in [3.63, 3.8) is 0 Å². The average molecular weight is 1270 g/mol. The molecule has 0 spiro atoms. The summed E-state index contributed by atoms with van der Waals surface area (Å²) < 4.78 is 39.1. The summed E-state index contributed by atoms with van der Waals surface area (Å²) in [5.74, 6) is -1.15. The van der Waals surface area contributed by atoms with Crippen molar-refractivity contribution >= 4 is 80.7 Å². The van der Waals surface area contributed by atoms with Gasteiger partial charge in [0.15, 0.2) is 5.13 Å². The van der Waals surface area contributed by atoms with Gasteiger partial charge in [-0.05, 0) is 80.5 Å². The quantitative estimate of drug-likeness (QED) is 0.0244. The highest BCUT2D eigenvalue weighted by Crippen LogP contribution is 2.37. The number of ether oxygens (including phenoxy) is 7. The van der Waals surface area contributed by atoms with Crippen molar-refractivity contribution in [3.05, 3.63) is 124 Å². The topological polar surface area (TPSA) is 259 Å². The van der Waals surface area contributed by atoms with Crippen molar-refractivity contribution in [1.29, 1.82) is 0 Å². The second kappa shape index (κ2) is 37.7. The second-order valence-corrected chi connectivity index (χ2v) is 22.9. The van der Waals surface area contributed by atoms with E-state index in [1.165, 1.54) is 6.20 Å². The normalized spacial score (nSPS) is 14.9. The third kappa shape index (κ3) is 23.0. The first-order valence-electron chi connectivity index (χ1n) is 30.3. The van der Waals surface area contributed by atoms with Crippen molar-refractivity contribution in [1.82, 2.24) is 35.7 Å². The van der Waals surface area contributed by atoms with E-state index in [2.05, 4.69) is 36.6 Å². The van der Waals surface area contributed by atoms with Crippen LogP contribution in [0.4, 0.5) is 10.1 Å². The molecule has 2 fully saturated rings. The molecular formula is C65H84ClN9O13S. The van der Waals surface area contributed by atoms with E-state index in [9.17, 15) is 28.8 Å². The zero-order valence-corrected chi connectivity index (χ0v) is 52.8. The van der Waals surface area contributed by atoms with E-state index >= 15 is 0 Å². The third-order valence-corrected chi connectivity index (χ3v) is 16.2. The first-order chi connectivity index (χ1) is 43.3. The van der Waals surface area contributed by atoms with Gasteiger partial charge in [-0.3, -0.25) is 34.1 Å². The Morgan fingerprint density at radius 3 is 2.07 bits per heavy atom. The SMILES string of the molecule is CN[C@@H](C)C(=O)NC(C(=O)N1CCC[C@H]1C(=O)Nc1sc(NC(=O)COCCOCCOCCOCCOCCOCCN(C)C(=O)Cc2cccc(CNC(=O)c3cc(/C=C/c4ccc(Cl)cc4)c(OC)cn3)c2)nc1-c1ccccc1)C1CCCCC1. The molecule has 5 aromatic rings. The minimum Gasteiger partial charge on any atom is -0.495 e. The first kappa shape index (κ1) is 69.3. The van der Waals surface area contributed by atoms with E-state index in [1.54, 1.807) is 56.1 Å². The molecule has 3 aromatic carbocycles. The van der Waals surface area contributed by atoms with Gasteiger partial charge in [-0.15, -0.1) is 0 Å². The number of nitrogens with one attached hydrogen (secondary N) is 5. The standard InChI is InChI=1S/C65H84ClN9O13S/c1-45(67-2)60(78)71-59(50-17-9-6-10-18-50)64(81)75-26-12-19-54(75)62(80)73-63-58(49-15-7-5-8-16-49)72-65(89-63)70-56(76)44-88-38-37-87-36-35-86-34-33-85-32-31-84-30-29-83-28-27-74(3)57(77)40-47-13-11-14-48(39-47)42-69-61(79)53-41-51(55(82-4)43-68-53)23-20-46-21-24-52(66)25-22-46/h5,7-8,11,13-16,20-25,39,41,43,45,50,54,59,67H,6,9-10,12,17-19,26-38,40,42,44H2,1-4H3,(H,69,79)(H,71,78)(H,73,80)(H,70,72,76)/b23-20+/t45-,54-,59?/m0/s1. The lowest BCUT2D eigenvalue weighted by molar-refractivity contribution is -0.142. The molecule has 1 aliphatic heterocycles. The van der Waals surface area contributed by atoms with Crippen molar-refractivity contribution in [2.75, 3.05) is 124 Å². The number of likely N-dealkylation sites (N-methyl/N-ethyl adjacent to an activating group) is 2. The van der Waals surface area contributed by atoms with Gasteiger partial charge in [0.1, 0.15) is 40.8 Å². The zero-order chi connectivity index (χ0) is 63.2. The number of nitrogens with zero attached hydrogens (tertiary/aromatic N) is 4. The van der Waals surface area contributed by atoms with Gasteiger partial charge in [-0.25, -0.2) is 9.97 Å². The first-order valence-corrected chi connectivity index (χ1v) is 31.5. The molecule has 0 bridgehead atoms. The van der Waals surface area contributed by atoms with Crippen LogP contribution in [0, 0.1) is 5.92 Å². The number of hydrogen-bond donors (Lipinski definition) is 5. The number of hydrogen-bond acceptors (Lipinski definition) is 17. The molecule has 6 amide bonds. The number of rotatable bonds is 37. The Morgan fingerprint density at radius 2 is 1.40 bits per heavy atom. The second-order valence-electron chi connectivity index (χ2n) is 21.5. The highest BCUT2D eigenvalue weighted by molar-refractivity contribution is 7.20. The molecule has 2 aliphatic rings. The molecule has 24 heteroatoms. The summed E-state index contributed by atoms with van der Waals surface area (Å²) in [4.78, 5) is 92.6. The van der Waals surface area contributed by atoms with Gasteiger partial charge < -0.3 is 64.2 Å². The van der Waals surface area contributed by atoms with Gasteiger partial charge in [-0.1, -0.05) is 121 Å². The van der Waals surface area contributed by atoms with Crippen LogP contribution in [-0.4, -0.2) is 187 Å². The number of halogens is 1. The fourth-order valence-electron chi connectivity index (χ4n) is 10.0. The number of likely N-dealkylation sites (tertiary alicyclic amines) is 1. The lowest BCUT2D eigenvalue weighted by Crippen LogP contribution is -2.57. The fraction of sp³-hybridized carbons (Fsp3) is 0.477. The van der Waals surface area contributed by atoms with Crippen LogP contribution in [0.5, 0.6) is 5.75 Å². The number of thiazole rings is 1. The molecule has 1 aliphatic carbocycles. The lowest BCUT2D eigenvalue weighted by Gasteiger charge is -2.35. The maximum atomic E-state index is 14.3. The van der Waals surface area contributed by atoms with Crippen LogP contribution in [-0.2, 0) is 65.4 Å². The van der Waals surface area contributed by atoms with Gasteiger partial charge in [0.05, 0.1) is 98.4 Å². The van der Waals surface area contributed by atoms with Crippen LogP contribution in [0.1, 0.15) is 84.6 Å². The Labute approximate surface area is 530 Å². The Bertz CT molecular complexity index is 3080. The van der Waals surface area contributed by atoms with Crippen molar-refractivity contribution in [2.24, 2.45) is 5.92 Å². The van der Waals surface area contributed by atoms with Gasteiger partial charge >= 0.3 is 0 Å². The smallest absolute Gasteiger partial charge is 0.270 e. The molecule has 1 saturated carbocycles. The Morgan fingerprint density at radius 1 is 0.753 bits per heavy atom. The molecule has 1 unspecified atom stereocenters. The molecule has 22 nitrogen and oxygen atoms in total. The third-order valence-electron chi connectivity index (χ3n) is 15.1. The molecule has 3 heterocycles. The maximum Gasteiger partial charge on any atom is 0.270 e. The average Bonchev–Trinajstić information content (AvgIpc) is 3.00. The molecule has 7 rings (SSSR count). The molecule has 3 atom stereocenters. The highest BCUT2D eigenvalue weighted by Gasteiger charge is 2.41. The van der Waals surface area contributed by atoms with E-state index in [0.717, 1.165) is 65.7 Å². The summed E-state index contributed by atoms with van der Waals surface area (Å²) in [5.41, 5.74) is 4.77. The number of carbonyl (C=O) groups is 6. The van der Waals surface area contributed by atoms with Gasteiger partial charge in [0.25, 0.3) is 11.8 Å². The van der Waals surface area contributed by atoms with Crippen molar-refractivity contribution < 1.29 is 61.9 Å². The largest absolute Gasteiger partial charge is 0.495 e. The van der Waals surface area contributed by atoms with E-state index < -0.39 is 24.0 Å². The molecule has 480 valence electrons. The van der Waals surface area contributed by atoms with Gasteiger partial charge in [0.2, 0.25) is 23.6 Å². The molecule has 1 saturated heterocycles. The minimum absolute atomic E-state index is 0.00490. The molecular weight excluding hydrogens is 1180 g/mol. The zero-order valence-electron chi connectivity index (χ0n) is 51.3. The van der Waals surface area contributed by atoms with E-state index in [-0.39, 0.29) is 79.1 Å². The Hall–Kier alpha value is -7.19. The van der Waals surface area contributed by atoms with Crippen LogP contribution in [0.2, 0.25) is 5.02 Å². The van der Waals surface area contributed by atoms with Crippen LogP contribution in [0.3, 0.4) is 0 Å². The number of amides is 6. The number of methoxy groups -OCH3 is 1. The Balaban J connectivity index is 0.690. The predicted molar refractivity (Wildman–Crippen MR) is 342 cm³/mol. The summed E-state index contributed by atoms with van der Waals surface area (Å²) in [6.07, 6.45) is 11.3. The van der Waals surface area contributed by atoms with Crippen LogP contribution < -0.4 is 31.3 Å². The highest BCUT2D eigenvalue weighted by atomic mass is 35.5. The van der Waals surface area contributed by atoms with Crippen LogP contribution in [0.15, 0.2) is 91.1 Å². The van der Waals surface area contributed by atoms with Gasteiger partial charge in [-0.2, -0.15) is 0 Å². The summed E-state index contributed by atoms with van der Waals surface area (Å²) >= 11 is 7.13. The number of anilines is 2. The molecule has 89 heavy (non-hydrogen) atoms. The Kier molecular flexibility index (Phi) is 29.4. The molecule has 2 aromatic heterocycles. The van der Waals surface area contributed by atoms with E-state index in [0.29, 0.717) is 112 Å². The summed E-state index contributed by atoms with van der Waals surface area (Å²) in [6, 6.07) is 24.0. The van der Waals surface area contributed by atoms with E-state index in [4.69, 9.17) is 44.8 Å². The van der Waals surface area contributed by atoms with Gasteiger partial charge in [0, 0.05) is 42.8 Å².